The van der Waals surface area contributed by atoms with E-state index in [1.54, 1.807) is 7.11 Å². The number of aromatic hydroxyl groups is 2. The number of methoxy groups -OCH3 is 1. The van der Waals surface area contributed by atoms with Crippen molar-refractivity contribution in [2.24, 2.45) is 17.8 Å². The molecular formula is C46H48N2O3. The topological polar surface area (TPSA) is 57.9 Å². The van der Waals surface area contributed by atoms with E-state index in [-0.39, 0.29) is 11.2 Å². The number of nitrogens with zero attached hydrogens (tertiary/aromatic N) is 2. The van der Waals surface area contributed by atoms with E-state index >= 15 is 0 Å². The number of phenolic OH excluding ortho intramolecular Hbond substituents is 2. The van der Waals surface area contributed by atoms with Crippen molar-refractivity contribution in [3.63, 3.8) is 0 Å². The van der Waals surface area contributed by atoms with Crippen molar-refractivity contribution in [2.75, 3.05) is 25.2 Å². The van der Waals surface area contributed by atoms with Crippen LogP contribution in [-0.2, 0) is 10.2 Å². The second-order valence-corrected chi connectivity index (χ2v) is 15.9. The zero-order valence-electron chi connectivity index (χ0n) is 30.0. The third kappa shape index (κ3) is 5.31. The van der Waals surface area contributed by atoms with Gasteiger partial charge in [-0.1, -0.05) is 60.7 Å². The normalized spacial score (nSPS) is 22.3. The van der Waals surface area contributed by atoms with Crippen molar-refractivity contribution in [1.29, 1.82) is 0 Å². The third-order valence-electron chi connectivity index (χ3n) is 12.4. The number of anilines is 2. The maximum Gasteiger partial charge on any atom is 0.147 e. The van der Waals surface area contributed by atoms with Crippen molar-refractivity contribution < 1.29 is 14.9 Å². The van der Waals surface area contributed by atoms with Gasteiger partial charge in [-0.3, -0.25) is 0 Å². The molecule has 4 saturated carbocycles. The number of benzene rings is 5. The zero-order valence-corrected chi connectivity index (χ0v) is 30.0. The monoisotopic (exact) mass is 676 g/mol. The minimum Gasteiger partial charge on any atom is -0.505 e. The lowest BCUT2D eigenvalue weighted by atomic mass is 9.48. The maximum absolute atomic E-state index is 12.5. The number of rotatable bonds is 9. The summed E-state index contributed by atoms with van der Waals surface area (Å²) in [5.74, 6) is 3.01. The number of phenols is 2. The molecule has 51 heavy (non-hydrogen) atoms. The number of ether oxygens (including phenoxy) is 1. The molecule has 0 aliphatic heterocycles. The Labute approximate surface area is 301 Å². The van der Waals surface area contributed by atoms with Crippen molar-refractivity contribution in [3.8, 4) is 28.3 Å². The molecule has 0 amide bonds. The average Bonchev–Trinajstić information content (AvgIpc) is 3.46. The van der Waals surface area contributed by atoms with E-state index in [9.17, 15) is 10.2 Å². The smallest absolute Gasteiger partial charge is 0.147 e. The number of para-hydroxylation sites is 3. The maximum atomic E-state index is 12.5. The summed E-state index contributed by atoms with van der Waals surface area (Å²) in [5, 5.41) is 27.2. The first kappa shape index (κ1) is 32.2. The second kappa shape index (κ2) is 12.5. The minimum atomic E-state index is 0.0589. The number of fused-ring (bicyclic) bond motifs is 3. The summed E-state index contributed by atoms with van der Waals surface area (Å²) in [5.41, 5.74) is 9.82. The van der Waals surface area contributed by atoms with Gasteiger partial charge in [-0.15, -0.1) is 0 Å². The molecule has 0 atom stereocenters. The number of aryl methyl sites for hydroxylation is 2. The van der Waals surface area contributed by atoms with Gasteiger partial charge in [0.15, 0.2) is 0 Å². The first-order valence-corrected chi connectivity index (χ1v) is 18.9. The first-order chi connectivity index (χ1) is 24.8. The lowest BCUT2D eigenvalue weighted by Gasteiger charge is -2.57. The van der Waals surface area contributed by atoms with E-state index in [0.29, 0.717) is 18.9 Å². The van der Waals surface area contributed by atoms with Crippen molar-refractivity contribution in [2.45, 2.75) is 64.2 Å². The highest BCUT2D eigenvalue weighted by Crippen LogP contribution is 2.63. The zero-order chi connectivity index (χ0) is 34.9. The summed E-state index contributed by atoms with van der Waals surface area (Å²) in [6.45, 7) is 5.55. The fourth-order valence-electron chi connectivity index (χ4n) is 10.8. The van der Waals surface area contributed by atoms with E-state index in [0.717, 1.165) is 85.3 Å². The van der Waals surface area contributed by atoms with Gasteiger partial charge in [0.25, 0.3) is 0 Å². The highest BCUT2D eigenvalue weighted by atomic mass is 16.5. The Hall–Kier alpha value is -4.74. The van der Waals surface area contributed by atoms with Crippen LogP contribution in [0.4, 0.5) is 11.4 Å². The third-order valence-corrected chi connectivity index (χ3v) is 12.4. The van der Waals surface area contributed by atoms with Crippen molar-refractivity contribution in [3.05, 3.63) is 114 Å². The number of aromatic nitrogens is 1. The Bertz CT molecular complexity index is 2190. The van der Waals surface area contributed by atoms with Crippen LogP contribution in [0.25, 0.3) is 38.6 Å². The molecule has 260 valence electrons. The average molecular weight is 677 g/mol. The molecule has 5 nitrogen and oxygen atoms in total. The van der Waals surface area contributed by atoms with Gasteiger partial charge in [0.1, 0.15) is 11.5 Å². The predicted octanol–water partition coefficient (Wildman–Crippen LogP) is 11.1. The fraction of sp³-hybridized carbons (Fsp3) is 0.348. The van der Waals surface area contributed by atoms with Crippen LogP contribution in [0.5, 0.6) is 11.5 Å². The molecule has 1 aromatic heterocycles. The Kier molecular flexibility index (Phi) is 7.88. The molecule has 5 heteroatoms. The summed E-state index contributed by atoms with van der Waals surface area (Å²) in [4.78, 5) is 2.28. The summed E-state index contributed by atoms with van der Waals surface area (Å²) >= 11 is 0. The molecule has 1 heterocycles. The van der Waals surface area contributed by atoms with Gasteiger partial charge < -0.3 is 24.4 Å². The lowest BCUT2D eigenvalue weighted by Crippen LogP contribution is -2.48. The largest absolute Gasteiger partial charge is 0.505 e. The Morgan fingerprint density at radius 3 is 1.92 bits per heavy atom. The lowest BCUT2D eigenvalue weighted by molar-refractivity contribution is -0.00613. The summed E-state index contributed by atoms with van der Waals surface area (Å²) in [6.07, 6.45) is 8.47. The van der Waals surface area contributed by atoms with Crippen LogP contribution in [-0.4, -0.2) is 35.0 Å². The molecule has 0 unspecified atom stereocenters. The molecule has 0 saturated heterocycles. The highest BCUT2D eigenvalue weighted by molar-refractivity contribution is 6.09. The van der Waals surface area contributed by atoms with E-state index in [1.807, 2.05) is 6.07 Å². The van der Waals surface area contributed by atoms with Gasteiger partial charge in [0.05, 0.1) is 22.4 Å². The molecule has 4 fully saturated rings. The molecular weight excluding hydrogens is 629 g/mol. The van der Waals surface area contributed by atoms with E-state index < -0.39 is 0 Å². The van der Waals surface area contributed by atoms with Gasteiger partial charge in [-0.05, 0) is 129 Å². The summed E-state index contributed by atoms with van der Waals surface area (Å²) in [6, 6.07) is 33.8. The molecule has 2 N–H and O–H groups in total. The Morgan fingerprint density at radius 1 is 0.686 bits per heavy atom. The van der Waals surface area contributed by atoms with Crippen LogP contribution in [0.3, 0.4) is 0 Å². The Balaban J connectivity index is 1.21. The standard InChI is InChI=1S/C46H48N2O3/c1-29-19-37(44(49)43(22-29)48-40-15-8-5-11-34(40)35-12-6-9-16-41(35)48)36-13-4-7-14-39(36)47(17-10-18-51-3)42-21-30(2)20-38(45(42)50)46-26-31-23-32(27-46)25-33(24-31)28-46/h4-9,11-16,19-22,31-33,49-50H,10,17-18,23-28H2,1-3H3. The molecule has 5 aromatic carbocycles. The van der Waals surface area contributed by atoms with Crippen molar-refractivity contribution >= 4 is 33.2 Å². The van der Waals surface area contributed by atoms with Crippen LogP contribution in [0.1, 0.15) is 61.6 Å². The second-order valence-electron chi connectivity index (χ2n) is 15.9. The van der Waals surface area contributed by atoms with Gasteiger partial charge in [0.2, 0.25) is 0 Å². The van der Waals surface area contributed by atoms with Crippen LogP contribution < -0.4 is 4.90 Å². The minimum absolute atomic E-state index is 0.0589. The molecule has 0 spiro atoms. The number of hydrogen-bond donors (Lipinski definition) is 2. The van der Waals surface area contributed by atoms with Gasteiger partial charge in [0, 0.05) is 53.4 Å². The van der Waals surface area contributed by atoms with Crippen molar-refractivity contribution in [1.82, 2.24) is 4.57 Å². The Morgan fingerprint density at radius 2 is 1.27 bits per heavy atom. The predicted molar refractivity (Wildman–Crippen MR) is 209 cm³/mol. The first-order valence-electron chi connectivity index (χ1n) is 18.9. The molecule has 4 aliphatic rings. The molecule has 6 aromatic rings. The van der Waals surface area contributed by atoms with Crippen LogP contribution in [0, 0.1) is 31.6 Å². The highest BCUT2D eigenvalue weighted by Gasteiger charge is 2.52. The SMILES string of the molecule is COCCCN(c1ccccc1-c1cc(C)cc(-n2c3ccccc3c3ccccc32)c1O)c1cc(C)cc(C23CC4CC(CC(C4)C2)C3)c1O. The van der Waals surface area contributed by atoms with Crippen LogP contribution >= 0.6 is 0 Å². The number of hydrogen-bond acceptors (Lipinski definition) is 4. The fourth-order valence-corrected chi connectivity index (χ4v) is 10.8. The molecule has 4 bridgehead atoms. The summed E-state index contributed by atoms with van der Waals surface area (Å²) in [7, 11) is 1.74. The van der Waals surface area contributed by atoms with E-state index in [4.69, 9.17) is 4.74 Å². The van der Waals surface area contributed by atoms with Gasteiger partial charge in [-0.2, -0.15) is 0 Å². The van der Waals surface area contributed by atoms with Crippen LogP contribution in [0.2, 0.25) is 0 Å². The molecule has 4 aliphatic carbocycles. The summed E-state index contributed by atoms with van der Waals surface area (Å²) < 4.78 is 7.75. The van der Waals surface area contributed by atoms with Crippen LogP contribution in [0.15, 0.2) is 97.1 Å². The van der Waals surface area contributed by atoms with Gasteiger partial charge in [-0.25, -0.2) is 0 Å². The van der Waals surface area contributed by atoms with E-state index in [1.165, 1.54) is 44.1 Å². The van der Waals surface area contributed by atoms with Gasteiger partial charge >= 0.3 is 0 Å². The molecule has 10 rings (SSSR count). The van der Waals surface area contributed by atoms with E-state index in [2.05, 4.69) is 114 Å². The molecule has 0 radical (unpaired) electrons. The quantitative estimate of drug-likeness (QED) is 0.150.